The van der Waals surface area contributed by atoms with Crippen LogP contribution >= 0.6 is 0 Å². The molecule has 0 bridgehead atoms. The number of carbonyl (C=O) groups is 1. The Hall–Kier alpha value is -1.45. The SMILES string of the molecule is COCCN(Cc1c(C)nn(C)c1C)C(=O)[C@@H]1CCCN1S(C)(=O)=O. The Balaban J connectivity index is 2.25. The lowest BCUT2D eigenvalue weighted by atomic mass is 10.1. The highest BCUT2D eigenvalue weighted by molar-refractivity contribution is 7.88. The van der Waals surface area contributed by atoms with E-state index in [1.807, 2.05) is 20.9 Å². The molecule has 1 fully saturated rings. The van der Waals surface area contributed by atoms with E-state index in [-0.39, 0.29) is 5.91 Å². The zero-order valence-electron chi connectivity index (χ0n) is 15.7. The van der Waals surface area contributed by atoms with Crippen molar-refractivity contribution in [2.24, 2.45) is 7.05 Å². The summed E-state index contributed by atoms with van der Waals surface area (Å²) < 4.78 is 32.2. The van der Waals surface area contributed by atoms with E-state index in [9.17, 15) is 13.2 Å². The number of aryl methyl sites for hydroxylation is 2. The van der Waals surface area contributed by atoms with Gasteiger partial charge in [0.2, 0.25) is 15.9 Å². The summed E-state index contributed by atoms with van der Waals surface area (Å²) in [7, 11) is 0.0578. The van der Waals surface area contributed by atoms with Gasteiger partial charge in [0.15, 0.2) is 0 Å². The van der Waals surface area contributed by atoms with Crippen molar-refractivity contribution in [2.45, 2.75) is 39.3 Å². The Kier molecular flexibility index (Phi) is 6.23. The molecule has 9 heteroatoms. The number of amides is 1. The van der Waals surface area contributed by atoms with Crippen molar-refractivity contribution in [1.29, 1.82) is 0 Å². The molecule has 1 aliphatic rings. The third kappa shape index (κ3) is 4.39. The van der Waals surface area contributed by atoms with Gasteiger partial charge >= 0.3 is 0 Å². The maximum atomic E-state index is 13.1. The maximum absolute atomic E-state index is 13.1. The molecule has 1 aliphatic heterocycles. The summed E-state index contributed by atoms with van der Waals surface area (Å²) in [5, 5.41) is 4.40. The lowest BCUT2D eigenvalue weighted by Gasteiger charge is -2.29. The number of hydrogen-bond donors (Lipinski definition) is 0. The molecule has 1 aromatic rings. The van der Waals surface area contributed by atoms with Crippen LogP contribution in [0.4, 0.5) is 0 Å². The number of ether oxygens (including phenoxy) is 1. The average molecular weight is 372 g/mol. The fraction of sp³-hybridized carbons (Fsp3) is 0.750. The largest absolute Gasteiger partial charge is 0.383 e. The first-order valence-corrected chi connectivity index (χ1v) is 10.2. The Morgan fingerprint density at radius 1 is 1.40 bits per heavy atom. The highest BCUT2D eigenvalue weighted by Gasteiger charge is 2.38. The first-order valence-electron chi connectivity index (χ1n) is 8.40. The lowest BCUT2D eigenvalue weighted by Crippen LogP contribution is -2.48. The molecular weight excluding hydrogens is 344 g/mol. The van der Waals surface area contributed by atoms with Gasteiger partial charge < -0.3 is 9.64 Å². The van der Waals surface area contributed by atoms with Gasteiger partial charge in [-0.2, -0.15) is 9.40 Å². The van der Waals surface area contributed by atoms with Crippen LogP contribution in [0.15, 0.2) is 0 Å². The normalized spacial score (nSPS) is 18.7. The third-order valence-corrected chi connectivity index (χ3v) is 6.09. The van der Waals surface area contributed by atoms with E-state index in [0.29, 0.717) is 39.1 Å². The summed E-state index contributed by atoms with van der Waals surface area (Å²) >= 11 is 0. The van der Waals surface area contributed by atoms with Crippen molar-refractivity contribution < 1.29 is 17.9 Å². The van der Waals surface area contributed by atoms with Gasteiger partial charge in [-0.25, -0.2) is 8.42 Å². The summed E-state index contributed by atoms with van der Waals surface area (Å²) in [5.74, 6) is -0.164. The first-order chi connectivity index (χ1) is 11.7. The molecule has 0 spiro atoms. The summed E-state index contributed by atoms with van der Waals surface area (Å²) in [6.07, 6.45) is 2.42. The number of carbonyl (C=O) groups excluding carboxylic acids is 1. The van der Waals surface area contributed by atoms with Crippen LogP contribution in [-0.4, -0.2) is 72.4 Å². The molecule has 0 aromatic carbocycles. The van der Waals surface area contributed by atoms with Gasteiger partial charge in [-0.05, 0) is 26.7 Å². The Bertz CT molecular complexity index is 729. The summed E-state index contributed by atoms with van der Waals surface area (Å²) in [5.41, 5.74) is 2.87. The standard InChI is InChI=1S/C16H28N4O4S/c1-12-14(13(2)18(3)17-12)11-19(9-10-24-4)16(21)15-7-6-8-20(15)25(5,22)23/h15H,6-11H2,1-5H3/t15-/m0/s1. The van der Waals surface area contributed by atoms with Gasteiger partial charge in [-0.1, -0.05) is 0 Å². The maximum Gasteiger partial charge on any atom is 0.241 e. The van der Waals surface area contributed by atoms with Crippen LogP contribution in [0, 0.1) is 13.8 Å². The monoisotopic (exact) mass is 372 g/mol. The number of nitrogens with zero attached hydrogens (tertiary/aromatic N) is 4. The Labute approximate surface area is 149 Å². The van der Waals surface area contributed by atoms with Crippen LogP contribution in [0.3, 0.4) is 0 Å². The van der Waals surface area contributed by atoms with Crippen LogP contribution < -0.4 is 0 Å². The summed E-state index contributed by atoms with van der Waals surface area (Å²) in [6.45, 7) is 5.50. The van der Waals surface area contributed by atoms with Crippen molar-refractivity contribution >= 4 is 15.9 Å². The molecule has 8 nitrogen and oxygen atoms in total. The van der Waals surface area contributed by atoms with Crippen molar-refractivity contribution in [3.8, 4) is 0 Å². The topological polar surface area (TPSA) is 84.7 Å². The Morgan fingerprint density at radius 3 is 2.60 bits per heavy atom. The molecule has 142 valence electrons. The number of aromatic nitrogens is 2. The second kappa shape index (κ2) is 7.84. The highest BCUT2D eigenvalue weighted by atomic mass is 32.2. The lowest BCUT2D eigenvalue weighted by molar-refractivity contribution is -0.135. The molecule has 1 saturated heterocycles. The van der Waals surface area contributed by atoms with Crippen molar-refractivity contribution in [3.05, 3.63) is 17.0 Å². The van der Waals surface area contributed by atoms with Crippen LogP contribution in [0.5, 0.6) is 0 Å². The number of methoxy groups -OCH3 is 1. The Morgan fingerprint density at radius 2 is 2.08 bits per heavy atom. The minimum Gasteiger partial charge on any atom is -0.383 e. The van der Waals surface area contributed by atoms with Crippen LogP contribution in [0.2, 0.25) is 0 Å². The van der Waals surface area contributed by atoms with Crippen molar-refractivity contribution in [2.75, 3.05) is 33.1 Å². The fourth-order valence-electron chi connectivity index (χ4n) is 3.30. The molecule has 2 rings (SSSR count). The van der Waals surface area contributed by atoms with E-state index in [1.165, 1.54) is 4.31 Å². The van der Waals surface area contributed by atoms with E-state index in [4.69, 9.17) is 4.74 Å². The molecule has 2 heterocycles. The number of sulfonamides is 1. The summed E-state index contributed by atoms with van der Waals surface area (Å²) in [6, 6.07) is -0.621. The molecule has 1 aromatic heterocycles. The zero-order chi connectivity index (χ0) is 18.8. The van der Waals surface area contributed by atoms with Gasteiger partial charge in [0, 0.05) is 45.0 Å². The molecule has 0 radical (unpaired) electrons. The van der Waals surface area contributed by atoms with Gasteiger partial charge in [0.25, 0.3) is 0 Å². The fourth-order valence-corrected chi connectivity index (χ4v) is 4.42. The quantitative estimate of drug-likeness (QED) is 0.693. The average Bonchev–Trinajstić information content (AvgIpc) is 3.11. The zero-order valence-corrected chi connectivity index (χ0v) is 16.5. The van der Waals surface area contributed by atoms with Gasteiger partial charge in [0.1, 0.15) is 6.04 Å². The van der Waals surface area contributed by atoms with Gasteiger partial charge in [-0.15, -0.1) is 0 Å². The van der Waals surface area contributed by atoms with E-state index in [0.717, 1.165) is 23.2 Å². The highest BCUT2D eigenvalue weighted by Crippen LogP contribution is 2.24. The minimum absolute atomic E-state index is 0.164. The van der Waals surface area contributed by atoms with E-state index in [2.05, 4.69) is 5.10 Å². The number of hydrogen-bond acceptors (Lipinski definition) is 5. The van der Waals surface area contributed by atoms with Gasteiger partial charge in [0.05, 0.1) is 18.6 Å². The smallest absolute Gasteiger partial charge is 0.241 e. The summed E-state index contributed by atoms with van der Waals surface area (Å²) in [4.78, 5) is 14.8. The predicted octanol–water partition coefficient (Wildman–Crippen LogP) is 0.436. The van der Waals surface area contributed by atoms with Crippen LogP contribution in [0.1, 0.15) is 29.8 Å². The van der Waals surface area contributed by atoms with E-state index < -0.39 is 16.1 Å². The molecule has 25 heavy (non-hydrogen) atoms. The molecule has 0 N–H and O–H groups in total. The molecule has 0 unspecified atom stereocenters. The molecular formula is C16H28N4O4S. The molecule has 0 aliphatic carbocycles. The minimum atomic E-state index is -3.40. The van der Waals surface area contributed by atoms with Crippen LogP contribution in [0.25, 0.3) is 0 Å². The second-order valence-electron chi connectivity index (χ2n) is 6.56. The van der Waals surface area contributed by atoms with Crippen LogP contribution in [-0.2, 0) is 33.1 Å². The predicted molar refractivity (Wildman–Crippen MR) is 94.5 cm³/mol. The van der Waals surface area contributed by atoms with E-state index >= 15 is 0 Å². The molecule has 0 saturated carbocycles. The van der Waals surface area contributed by atoms with Crippen molar-refractivity contribution in [3.63, 3.8) is 0 Å². The molecule has 1 amide bonds. The van der Waals surface area contributed by atoms with Gasteiger partial charge in [-0.3, -0.25) is 9.48 Å². The van der Waals surface area contributed by atoms with E-state index in [1.54, 1.807) is 16.7 Å². The second-order valence-corrected chi connectivity index (χ2v) is 8.49. The molecule has 1 atom stereocenters. The van der Waals surface area contributed by atoms with Crippen molar-refractivity contribution in [1.82, 2.24) is 19.0 Å². The number of rotatable bonds is 7. The first kappa shape index (κ1) is 19.9. The third-order valence-electron chi connectivity index (χ3n) is 4.80.